The van der Waals surface area contributed by atoms with E-state index in [-0.39, 0.29) is 17.3 Å². The van der Waals surface area contributed by atoms with Crippen LogP contribution in [0.15, 0.2) is 16.9 Å². The van der Waals surface area contributed by atoms with Crippen LogP contribution in [-0.2, 0) is 0 Å². The number of pyridine rings is 1. The quantitative estimate of drug-likeness (QED) is 0.772. The second kappa shape index (κ2) is 7.33. The SMILES string of the molecule is CN[C@@H](C)[C@@H]1CCN(c2cc3c(cc2F)c(=O)c(C(=O)O)c(OC)n3C2CC2)C1. The van der Waals surface area contributed by atoms with Crippen LogP contribution in [0.3, 0.4) is 0 Å². The van der Waals surface area contributed by atoms with Crippen molar-refractivity contribution in [3.05, 3.63) is 33.7 Å². The molecular formula is C21H26FN3O4. The summed E-state index contributed by atoms with van der Waals surface area (Å²) in [4.78, 5) is 26.6. The van der Waals surface area contributed by atoms with Gasteiger partial charge in [0.2, 0.25) is 11.3 Å². The van der Waals surface area contributed by atoms with Crippen LogP contribution in [0.1, 0.15) is 42.6 Å². The number of nitrogens with one attached hydrogen (secondary N) is 1. The van der Waals surface area contributed by atoms with Crippen LogP contribution in [0.4, 0.5) is 10.1 Å². The molecule has 156 valence electrons. The van der Waals surface area contributed by atoms with E-state index in [1.165, 1.54) is 13.2 Å². The maximum atomic E-state index is 15.0. The minimum atomic E-state index is -1.36. The smallest absolute Gasteiger partial charge is 0.345 e. The Morgan fingerprint density at radius 1 is 1.34 bits per heavy atom. The van der Waals surface area contributed by atoms with Gasteiger partial charge < -0.3 is 24.6 Å². The van der Waals surface area contributed by atoms with E-state index in [1.54, 1.807) is 10.6 Å². The van der Waals surface area contributed by atoms with Gasteiger partial charge in [0.1, 0.15) is 5.82 Å². The van der Waals surface area contributed by atoms with Gasteiger partial charge in [0.25, 0.3) is 0 Å². The van der Waals surface area contributed by atoms with Crippen LogP contribution < -0.4 is 20.4 Å². The average molecular weight is 403 g/mol. The molecule has 2 aromatic rings. The molecule has 1 aliphatic heterocycles. The first-order chi connectivity index (χ1) is 13.9. The molecule has 0 spiro atoms. The van der Waals surface area contributed by atoms with E-state index in [9.17, 15) is 14.7 Å². The number of fused-ring (bicyclic) bond motifs is 1. The maximum Gasteiger partial charge on any atom is 0.345 e. The lowest BCUT2D eigenvalue weighted by molar-refractivity contribution is 0.0690. The number of hydrogen-bond acceptors (Lipinski definition) is 5. The van der Waals surface area contributed by atoms with Gasteiger partial charge >= 0.3 is 5.97 Å². The molecule has 2 N–H and O–H groups in total. The maximum absolute atomic E-state index is 15.0. The van der Waals surface area contributed by atoms with Crippen LogP contribution >= 0.6 is 0 Å². The molecule has 29 heavy (non-hydrogen) atoms. The molecule has 4 rings (SSSR count). The number of carboxylic acids is 1. The first-order valence-corrected chi connectivity index (χ1v) is 9.98. The molecule has 1 saturated carbocycles. The molecule has 0 bridgehead atoms. The molecule has 1 saturated heterocycles. The first kappa shape index (κ1) is 19.7. The number of halogens is 1. The van der Waals surface area contributed by atoms with E-state index >= 15 is 4.39 Å². The fourth-order valence-electron chi connectivity index (χ4n) is 4.37. The van der Waals surface area contributed by atoms with Crippen LogP contribution in [-0.4, -0.2) is 48.9 Å². The highest BCUT2D eigenvalue weighted by molar-refractivity contribution is 5.96. The summed E-state index contributed by atoms with van der Waals surface area (Å²) in [6.45, 7) is 3.58. The van der Waals surface area contributed by atoms with E-state index in [2.05, 4.69) is 12.2 Å². The molecule has 2 atom stereocenters. The minimum absolute atomic E-state index is 0.0400. The monoisotopic (exact) mass is 403 g/mol. The predicted octanol–water partition coefficient (Wildman–Crippen LogP) is 2.62. The van der Waals surface area contributed by atoms with Gasteiger partial charge in [-0.1, -0.05) is 0 Å². The number of methoxy groups -OCH3 is 1. The normalized spacial score (nSPS) is 20.3. The average Bonchev–Trinajstić information content (AvgIpc) is 3.42. The number of carbonyl (C=O) groups is 1. The van der Waals surface area contributed by atoms with Crippen molar-refractivity contribution in [3.8, 4) is 5.88 Å². The lowest BCUT2D eigenvalue weighted by atomic mass is 10.0. The minimum Gasteiger partial charge on any atom is -0.481 e. The summed E-state index contributed by atoms with van der Waals surface area (Å²) >= 11 is 0. The molecule has 1 aliphatic carbocycles. The Morgan fingerprint density at radius 3 is 2.66 bits per heavy atom. The van der Waals surface area contributed by atoms with Crippen molar-refractivity contribution in [1.29, 1.82) is 0 Å². The van der Waals surface area contributed by atoms with Crippen molar-refractivity contribution >= 4 is 22.6 Å². The molecule has 1 aromatic carbocycles. The third kappa shape index (κ3) is 3.25. The Hall–Kier alpha value is -2.61. The Balaban J connectivity index is 1.89. The summed E-state index contributed by atoms with van der Waals surface area (Å²) in [5.74, 6) is -1.42. The number of aromatic carboxylic acids is 1. The van der Waals surface area contributed by atoms with Gasteiger partial charge in [-0.25, -0.2) is 9.18 Å². The van der Waals surface area contributed by atoms with E-state index in [0.29, 0.717) is 23.2 Å². The number of rotatable bonds is 6. The van der Waals surface area contributed by atoms with Crippen molar-refractivity contribution in [1.82, 2.24) is 9.88 Å². The summed E-state index contributed by atoms with van der Waals surface area (Å²) in [7, 11) is 3.28. The molecule has 8 heteroatoms. The summed E-state index contributed by atoms with van der Waals surface area (Å²) in [5, 5.41) is 12.9. The largest absolute Gasteiger partial charge is 0.481 e. The lowest BCUT2D eigenvalue weighted by Gasteiger charge is -2.24. The predicted molar refractivity (Wildman–Crippen MR) is 109 cm³/mol. The standard InChI is InChI=1S/C21H26FN3O4/c1-11(23-2)12-6-7-24(10-12)17-9-16-14(8-15(17)22)19(26)18(21(27)28)20(29-3)25(16)13-4-5-13/h8-9,11-13,23H,4-7,10H2,1-3H3,(H,27,28)/t11-,12+/m0/s1. The molecule has 2 aliphatic rings. The Labute approximate surface area is 168 Å². The van der Waals surface area contributed by atoms with Crippen molar-refractivity contribution in [3.63, 3.8) is 0 Å². The molecule has 0 unspecified atom stereocenters. The highest BCUT2D eigenvalue weighted by Crippen LogP contribution is 2.42. The fourth-order valence-corrected chi connectivity index (χ4v) is 4.37. The van der Waals surface area contributed by atoms with E-state index in [4.69, 9.17) is 4.74 Å². The molecule has 0 amide bonds. The number of anilines is 1. The molecule has 2 heterocycles. The Bertz CT molecular complexity index is 1030. The van der Waals surface area contributed by atoms with Crippen LogP contribution in [0, 0.1) is 11.7 Å². The van der Waals surface area contributed by atoms with Gasteiger partial charge in [0.05, 0.1) is 18.3 Å². The van der Waals surface area contributed by atoms with Gasteiger partial charge in [0, 0.05) is 30.6 Å². The van der Waals surface area contributed by atoms with Crippen molar-refractivity contribution in [2.75, 3.05) is 32.1 Å². The van der Waals surface area contributed by atoms with E-state index in [0.717, 1.165) is 32.4 Å². The number of carboxylic acid groups (broad SMARTS) is 1. The van der Waals surface area contributed by atoms with Crippen molar-refractivity contribution in [2.24, 2.45) is 5.92 Å². The van der Waals surface area contributed by atoms with Crippen LogP contribution in [0.2, 0.25) is 0 Å². The molecular weight excluding hydrogens is 377 g/mol. The summed E-state index contributed by atoms with van der Waals surface area (Å²) < 4.78 is 22.2. The van der Waals surface area contributed by atoms with Crippen LogP contribution in [0.5, 0.6) is 5.88 Å². The zero-order valence-electron chi connectivity index (χ0n) is 16.9. The number of benzene rings is 1. The first-order valence-electron chi connectivity index (χ1n) is 9.98. The number of hydrogen-bond donors (Lipinski definition) is 2. The summed E-state index contributed by atoms with van der Waals surface area (Å²) in [6.07, 6.45) is 2.69. The van der Waals surface area contributed by atoms with Gasteiger partial charge in [-0.05, 0) is 51.3 Å². The topological polar surface area (TPSA) is 83.8 Å². The second-order valence-corrected chi connectivity index (χ2v) is 8.01. The number of ether oxygens (including phenoxy) is 1. The van der Waals surface area contributed by atoms with E-state index in [1.807, 2.05) is 11.9 Å². The lowest BCUT2D eigenvalue weighted by Crippen LogP contribution is -2.33. The Kier molecular flexibility index (Phi) is 4.98. The van der Waals surface area contributed by atoms with E-state index < -0.39 is 22.8 Å². The highest BCUT2D eigenvalue weighted by atomic mass is 19.1. The van der Waals surface area contributed by atoms with Gasteiger partial charge in [-0.2, -0.15) is 0 Å². The number of aromatic nitrogens is 1. The molecule has 1 aromatic heterocycles. The third-order valence-corrected chi connectivity index (χ3v) is 6.28. The third-order valence-electron chi connectivity index (χ3n) is 6.28. The van der Waals surface area contributed by atoms with Crippen molar-refractivity contribution in [2.45, 2.75) is 38.3 Å². The molecule has 2 fully saturated rings. The van der Waals surface area contributed by atoms with Gasteiger partial charge in [-0.15, -0.1) is 0 Å². The second-order valence-electron chi connectivity index (χ2n) is 8.01. The van der Waals surface area contributed by atoms with Crippen molar-refractivity contribution < 1.29 is 19.0 Å². The highest BCUT2D eigenvalue weighted by Gasteiger charge is 2.34. The van der Waals surface area contributed by atoms with Gasteiger partial charge in [0.15, 0.2) is 5.56 Å². The van der Waals surface area contributed by atoms with Gasteiger partial charge in [-0.3, -0.25) is 4.79 Å². The zero-order valence-corrected chi connectivity index (χ0v) is 16.9. The molecule has 7 nitrogen and oxygen atoms in total. The molecule has 0 radical (unpaired) electrons. The number of nitrogens with zero attached hydrogens (tertiary/aromatic N) is 2. The Morgan fingerprint density at radius 2 is 2.07 bits per heavy atom. The fraction of sp³-hybridized carbons (Fsp3) is 0.524. The summed E-state index contributed by atoms with van der Waals surface area (Å²) in [6, 6.07) is 3.25. The van der Waals surface area contributed by atoms with Crippen LogP contribution in [0.25, 0.3) is 10.9 Å². The summed E-state index contributed by atoms with van der Waals surface area (Å²) in [5.41, 5.74) is -0.180. The zero-order chi connectivity index (χ0) is 20.9.